The molecule has 0 aliphatic heterocycles. The Bertz CT molecular complexity index is 409. The van der Waals surface area contributed by atoms with Crippen LogP contribution in [0.4, 0.5) is 0 Å². The number of rotatable bonds is 2. The molecule has 2 fully saturated rings. The topological polar surface area (TPSA) is 26.0 Å². The van der Waals surface area contributed by atoms with Crippen molar-refractivity contribution in [1.29, 1.82) is 0 Å². The molecule has 1 aromatic rings. The van der Waals surface area contributed by atoms with Crippen LogP contribution in [0.2, 0.25) is 0 Å². The monoisotopic (exact) mass is 243 g/mol. The highest BCUT2D eigenvalue weighted by Gasteiger charge is 2.48. The van der Waals surface area contributed by atoms with Crippen LogP contribution in [0.3, 0.4) is 0 Å². The van der Waals surface area contributed by atoms with Crippen molar-refractivity contribution in [2.24, 2.45) is 23.0 Å². The van der Waals surface area contributed by atoms with E-state index < -0.39 is 0 Å². The van der Waals surface area contributed by atoms with Crippen molar-refractivity contribution >= 4 is 0 Å². The first kappa shape index (κ1) is 12.2. The highest BCUT2D eigenvalue weighted by atomic mass is 14.7. The van der Waals surface area contributed by atoms with E-state index in [1.54, 1.807) is 0 Å². The van der Waals surface area contributed by atoms with Crippen molar-refractivity contribution in [3.8, 4) is 0 Å². The summed E-state index contributed by atoms with van der Waals surface area (Å²) in [5, 5.41) is 0. The normalized spacial score (nSPS) is 38.4. The summed E-state index contributed by atoms with van der Waals surface area (Å²) in [7, 11) is 0. The van der Waals surface area contributed by atoms with Crippen LogP contribution in [0, 0.1) is 17.3 Å². The predicted molar refractivity (Wildman–Crippen MR) is 76.4 cm³/mol. The van der Waals surface area contributed by atoms with Gasteiger partial charge in [0.1, 0.15) is 0 Å². The Labute approximate surface area is 111 Å². The first-order chi connectivity index (χ1) is 8.57. The van der Waals surface area contributed by atoms with E-state index in [2.05, 4.69) is 44.2 Å². The maximum Gasteiger partial charge on any atom is 0.00704 e. The molecule has 18 heavy (non-hydrogen) atoms. The van der Waals surface area contributed by atoms with E-state index in [1.807, 2.05) is 0 Å². The average molecular weight is 243 g/mol. The molecule has 3 rings (SSSR count). The second-order valence-electron chi connectivity index (χ2n) is 7.15. The Morgan fingerprint density at radius 1 is 1.11 bits per heavy atom. The lowest BCUT2D eigenvalue weighted by atomic mass is 9.68. The molecule has 0 aromatic heterocycles. The van der Waals surface area contributed by atoms with Crippen molar-refractivity contribution in [3.05, 3.63) is 35.9 Å². The van der Waals surface area contributed by atoms with Gasteiger partial charge in [0.2, 0.25) is 0 Å². The van der Waals surface area contributed by atoms with Crippen LogP contribution in [0.25, 0.3) is 0 Å². The van der Waals surface area contributed by atoms with Crippen molar-refractivity contribution in [2.75, 3.05) is 0 Å². The van der Waals surface area contributed by atoms with Crippen LogP contribution in [0.5, 0.6) is 0 Å². The molecule has 1 nitrogen and oxygen atoms in total. The summed E-state index contributed by atoms with van der Waals surface area (Å²) in [5.41, 5.74) is 8.41. The molecule has 2 aliphatic rings. The van der Waals surface area contributed by atoms with E-state index in [4.69, 9.17) is 5.73 Å². The second-order valence-corrected chi connectivity index (χ2v) is 7.15. The Balaban J connectivity index is 1.70. The van der Waals surface area contributed by atoms with Gasteiger partial charge in [0.05, 0.1) is 0 Å². The maximum atomic E-state index is 6.38. The van der Waals surface area contributed by atoms with Gasteiger partial charge in [-0.2, -0.15) is 0 Å². The number of benzene rings is 1. The van der Waals surface area contributed by atoms with Crippen LogP contribution in [-0.4, -0.2) is 6.04 Å². The fourth-order valence-electron chi connectivity index (χ4n) is 3.90. The first-order valence-corrected chi connectivity index (χ1v) is 7.37. The summed E-state index contributed by atoms with van der Waals surface area (Å²) >= 11 is 0. The minimum absolute atomic E-state index is 0.441. The number of hydrogen-bond acceptors (Lipinski definition) is 1. The van der Waals surface area contributed by atoms with Gasteiger partial charge >= 0.3 is 0 Å². The smallest absolute Gasteiger partial charge is 0.00704 e. The fraction of sp³-hybridized carbons (Fsp3) is 0.647. The fourth-order valence-corrected chi connectivity index (χ4v) is 3.90. The van der Waals surface area contributed by atoms with Gasteiger partial charge in [0, 0.05) is 6.04 Å². The summed E-state index contributed by atoms with van der Waals surface area (Å²) in [6, 6.07) is 11.4. The van der Waals surface area contributed by atoms with Crippen LogP contribution >= 0.6 is 0 Å². The van der Waals surface area contributed by atoms with E-state index in [0.717, 1.165) is 17.8 Å². The van der Waals surface area contributed by atoms with Gasteiger partial charge in [0.25, 0.3) is 0 Å². The van der Waals surface area contributed by atoms with Gasteiger partial charge in [0.15, 0.2) is 0 Å². The summed E-state index contributed by atoms with van der Waals surface area (Å²) in [6.45, 7) is 4.82. The minimum atomic E-state index is 0.441. The van der Waals surface area contributed by atoms with Gasteiger partial charge < -0.3 is 5.73 Å². The third-order valence-corrected chi connectivity index (χ3v) is 5.11. The zero-order valence-corrected chi connectivity index (χ0v) is 11.6. The zero-order chi connectivity index (χ0) is 12.8. The Morgan fingerprint density at radius 2 is 1.83 bits per heavy atom. The van der Waals surface area contributed by atoms with Crippen molar-refractivity contribution in [2.45, 2.75) is 51.5 Å². The Morgan fingerprint density at radius 3 is 2.56 bits per heavy atom. The molecule has 0 spiro atoms. The number of nitrogens with two attached hydrogens (primary N) is 1. The van der Waals surface area contributed by atoms with Crippen LogP contribution < -0.4 is 5.73 Å². The summed E-state index contributed by atoms with van der Waals surface area (Å²) < 4.78 is 0. The quantitative estimate of drug-likeness (QED) is 0.836. The van der Waals surface area contributed by atoms with Crippen LogP contribution in [0.15, 0.2) is 30.3 Å². The lowest BCUT2D eigenvalue weighted by molar-refractivity contribution is 0.140. The molecule has 0 bridgehead atoms. The summed E-state index contributed by atoms with van der Waals surface area (Å²) in [4.78, 5) is 0. The van der Waals surface area contributed by atoms with E-state index in [0.29, 0.717) is 11.5 Å². The lowest BCUT2D eigenvalue weighted by Gasteiger charge is -2.39. The molecule has 4 atom stereocenters. The molecule has 2 N–H and O–H groups in total. The molecule has 2 aliphatic carbocycles. The molecule has 0 heterocycles. The molecule has 2 saturated carbocycles. The lowest BCUT2D eigenvalue weighted by Crippen LogP contribution is -2.40. The van der Waals surface area contributed by atoms with E-state index in [9.17, 15) is 0 Å². The van der Waals surface area contributed by atoms with Crippen LogP contribution in [0.1, 0.15) is 51.0 Å². The van der Waals surface area contributed by atoms with Gasteiger partial charge in [-0.3, -0.25) is 0 Å². The molecule has 0 radical (unpaired) electrons. The summed E-state index contributed by atoms with van der Waals surface area (Å²) in [5.74, 6) is 2.39. The third kappa shape index (κ3) is 2.33. The first-order valence-electron chi connectivity index (χ1n) is 7.37. The van der Waals surface area contributed by atoms with Crippen molar-refractivity contribution < 1.29 is 0 Å². The average Bonchev–Trinajstić information content (AvgIpc) is 3.14. The maximum absolute atomic E-state index is 6.38. The van der Waals surface area contributed by atoms with E-state index in [1.165, 1.54) is 31.2 Å². The standard InChI is InChI=1S/C17H25N/c1-17(2)9-8-16(18)15(11-17)14-10-13(14)12-6-4-3-5-7-12/h3-7,13-16H,8-11,18H2,1-2H3. The van der Waals surface area contributed by atoms with Gasteiger partial charge in [-0.25, -0.2) is 0 Å². The Hall–Kier alpha value is -0.820. The molecular weight excluding hydrogens is 218 g/mol. The molecule has 0 amide bonds. The second kappa shape index (κ2) is 4.38. The highest BCUT2D eigenvalue weighted by Crippen LogP contribution is 2.57. The van der Waals surface area contributed by atoms with Gasteiger partial charge in [-0.1, -0.05) is 44.2 Å². The van der Waals surface area contributed by atoms with E-state index >= 15 is 0 Å². The van der Waals surface area contributed by atoms with Crippen LogP contribution in [-0.2, 0) is 0 Å². The summed E-state index contributed by atoms with van der Waals surface area (Å²) in [6.07, 6.45) is 5.20. The van der Waals surface area contributed by atoms with Gasteiger partial charge in [-0.15, -0.1) is 0 Å². The minimum Gasteiger partial charge on any atom is -0.327 e. The van der Waals surface area contributed by atoms with Crippen molar-refractivity contribution in [3.63, 3.8) is 0 Å². The third-order valence-electron chi connectivity index (χ3n) is 5.11. The molecular formula is C17H25N. The van der Waals surface area contributed by atoms with E-state index in [-0.39, 0.29) is 0 Å². The SMILES string of the molecule is CC1(C)CCC(N)C(C2CC2c2ccccc2)C1. The highest BCUT2D eigenvalue weighted by molar-refractivity contribution is 5.26. The molecule has 1 heteroatoms. The van der Waals surface area contributed by atoms with Crippen molar-refractivity contribution in [1.82, 2.24) is 0 Å². The predicted octanol–water partition coefficient (Wildman–Crippen LogP) is 3.94. The number of hydrogen-bond donors (Lipinski definition) is 1. The zero-order valence-electron chi connectivity index (χ0n) is 11.6. The Kier molecular flexibility index (Phi) is 2.97. The molecule has 1 aromatic carbocycles. The van der Waals surface area contributed by atoms with Gasteiger partial charge in [-0.05, 0) is 54.4 Å². The largest absolute Gasteiger partial charge is 0.327 e. The molecule has 4 unspecified atom stereocenters. The molecule has 0 saturated heterocycles. The molecule has 98 valence electrons.